The van der Waals surface area contributed by atoms with Gasteiger partial charge in [-0.3, -0.25) is 4.79 Å². The summed E-state index contributed by atoms with van der Waals surface area (Å²) in [6.45, 7) is 2.01. The zero-order valence-electron chi connectivity index (χ0n) is 11.3. The number of nitrogen functional groups attached to an aromatic ring is 1. The fourth-order valence-electron chi connectivity index (χ4n) is 2.03. The van der Waals surface area contributed by atoms with Gasteiger partial charge in [0.1, 0.15) is 5.82 Å². The molecule has 3 nitrogen and oxygen atoms in total. The van der Waals surface area contributed by atoms with E-state index >= 15 is 0 Å². The fraction of sp³-hybridized carbons (Fsp3) is 0.188. The average Bonchev–Trinajstić information content (AvgIpc) is 2.35. The summed E-state index contributed by atoms with van der Waals surface area (Å²) in [5.41, 5.74) is 8.48. The van der Waals surface area contributed by atoms with Gasteiger partial charge in [0, 0.05) is 17.8 Å². The molecule has 0 bridgehead atoms. The summed E-state index contributed by atoms with van der Waals surface area (Å²) in [6.07, 6.45) is 0.998. The number of amides is 1. The first-order chi connectivity index (χ1) is 9.52. The standard InChI is InChI=1S/C16H17FN2O/c1-11-3-2-4-12(7-11)5-6-16(20)19-15-9-13(17)8-14(18)10-15/h2-4,7-10H,5-6,18H2,1H3,(H,19,20). The maximum atomic E-state index is 13.1. The van der Waals surface area contributed by atoms with Gasteiger partial charge in [-0.15, -0.1) is 0 Å². The van der Waals surface area contributed by atoms with Crippen LogP contribution in [0.2, 0.25) is 0 Å². The van der Waals surface area contributed by atoms with Crippen LogP contribution in [0.3, 0.4) is 0 Å². The second kappa shape index (κ2) is 6.19. The lowest BCUT2D eigenvalue weighted by atomic mass is 10.1. The van der Waals surface area contributed by atoms with Crippen LogP contribution in [0.25, 0.3) is 0 Å². The molecule has 0 aliphatic heterocycles. The van der Waals surface area contributed by atoms with E-state index in [0.29, 0.717) is 24.2 Å². The topological polar surface area (TPSA) is 55.1 Å². The number of nitrogens with one attached hydrogen (secondary N) is 1. The van der Waals surface area contributed by atoms with Gasteiger partial charge in [-0.25, -0.2) is 4.39 Å². The first-order valence-corrected chi connectivity index (χ1v) is 6.44. The molecule has 0 radical (unpaired) electrons. The molecule has 0 spiro atoms. The van der Waals surface area contributed by atoms with Crippen molar-refractivity contribution >= 4 is 17.3 Å². The Labute approximate surface area is 117 Å². The van der Waals surface area contributed by atoms with Gasteiger partial charge in [0.25, 0.3) is 0 Å². The van der Waals surface area contributed by atoms with Crippen LogP contribution < -0.4 is 11.1 Å². The summed E-state index contributed by atoms with van der Waals surface area (Å²) < 4.78 is 13.1. The molecule has 20 heavy (non-hydrogen) atoms. The van der Waals surface area contributed by atoms with Gasteiger partial charge in [-0.05, 0) is 37.1 Å². The summed E-state index contributed by atoms with van der Waals surface area (Å²) in [4.78, 5) is 11.8. The molecule has 0 unspecified atom stereocenters. The first-order valence-electron chi connectivity index (χ1n) is 6.44. The van der Waals surface area contributed by atoms with Crippen LogP contribution in [-0.4, -0.2) is 5.91 Å². The molecule has 0 heterocycles. The second-order valence-corrected chi connectivity index (χ2v) is 4.81. The number of hydrogen-bond acceptors (Lipinski definition) is 2. The van der Waals surface area contributed by atoms with E-state index in [2.05, 4.69) is 5.32 Å². The summed E-state index contributed by atoms with van der Waals surface area (Å²) in [5, 5.41) is 2.65. The third-order valence-corrected chi connectivity index (χ3v) is 2.93. The summed E-state index contributed by atoms with van der Waals surface area (Å²) in [5.74, 6) is -0.615. The molecule has 3 N–H and O–H groups in total. The summed E-state index contributed by atoms with van der Waals surface area (Å²) >= 11 is 0. The Kier molecular flexibility index (Phi) is 4.35. The Morgan fingerprint density at radius 1 is 1.25 bits per heavy atom. The van der Waals surface area contributed by atoms with Crippen LogP contribution in [0.4, 0.5) is 15.8 Å². The molecule has 2 rings (SSSR count). The molecule has 1 amide bonds. The predicted octanol–water partition coefficient (Wildman–Crippen LogP) is 3.29. The van der Waals surface area contributed by atoms with Gasteiger partial charge in [-0.1, -0.05) is 29.8 Å². The number of halogens is 1. The van der Waals surface area contributed by atoms with E-state index < -0.39 is 5.82 Å². The molecule has 0 saturated heterocycles. The maximum Gasteiger partial charge on any atom is 0.224 e. The van der Waals surface area contributed by atoms with Gasteiger partial charge in [0.15, 0.2) is 0 Å². The van der Waals surface area contributed by atoms with E-state index in [-0.39, 0.29) is 5.91 Å². The third-order valence-electron chi connectivity index (χ3n) is 2.93. The molecule has 0 aliphatic carbocycles. The Morgan fingerprint density at radius 2 is 2.05 bits per heavy atom. The smallest absolute Gasteiger partial charge is 0.224 e. The molecule has 4 heteroatoms. The number of carbonyl (C=O) groups excluding carboxylic acids is 1. The number of nitrogens with two attached hydrogens (primary N) is 1. The number of benzene rings is 2. The normalized spacial score (nSPS) is 10.3. The SMILES string of the molecule is Cc1cccc(CCC(=O)Nc2cc(N)cc(F)c2)c1. The molecule has 0 atom stereocenters. The Morgan fingerprint density at radius 3 is 2.75 bits per heavy atom. The van der Waals surface area contributed by atoms with Crippen LogP contribution in [0.1, 0.15) is 17.5 Å². The average molecular weight is 272 g/mol. The number of hydrogen-bond donors (Lipinski definition) is 2. The van der Waals surface area contributed by atoms with Crippen molar-refractivity contribution in [3.05, 3.63) is 59.4 Å². The Hall–Kier alpha value is -2.36. The highest BCUT2D eigenvalue weighted by molar-refractivity contribution is 5.91. The van der Waals surface area contributed by atoms with Crippen molar-refractivity contribution in [2.45, 2.75) is 19.8 Å². The van der Waals surface area contributed by atoms with Crippen molar-refractivity contribution in [2.24, 2.45) is 0 Å². The van der Waals surface area contributed by atoms with Gasteiger partial charge < -0.3 is 11.1 Å². The second-order valence-electron chi connectivity index (χ2n) is 4.81. The van der Waals surface area contributed by atoms with Crippen molar-refractivity contribution in [2.75, 3.05) is 11.1 Å². The summed E-state index contributed by atoms with van der Waals surface area (Å²) in [7, 11) is 0. The highest BCUT2D eigenvalue weighted by Gasteiger charge is 2.05. The third kappa shape index (κ3) is 4.09. The molecular formula is C16H17FN2O. The van der Waals surface area contributed by atoms with E-state index in [1.165, 1.54) is 23.8 Å². The van der Waals surface area contributed by atoms with Crippen molar-refractivity contribution < 1.29 is 9.18 Å². The van der Waals surface area contributed by atoms with Crippen molar-refractivity contribution in [1.29, 1.82) is 0 Å². The molecule has 0 aliphatic rings. The van der Waals surface area contributed by atoms with E-state index in [4.69, 9.17) is 5.73 Å². The van der Waals surface area contributed by atoms with Crippen LogP contribution in [0.5, 0.6) is 0 Å². The molecule has 2 aromatic carbocycles. The minimum absolute atomic E-state index is 0.156. The Bertz CT molecular complexity index is 605. The monoisotopic (exact) mass is 272 g/mol. The molecule has 2 aromatic rings. The number of carbonyl (C=O) groups is 1. The fourth-order valence-corrected chi connectivity index (χ4v) is 2.03. The van der Waals surface area contributed by atoms with Crippen LogP contribution in [-0.2, 0) is 11.2 Å². The summed E-state index contributed by atoms with van der Waals surface area (Å²) in [6, 6.07) is 12.0. The van der Waals surface area contributed by atoms with Crippen LogP contribution >= 0.6 is 0 Å². The predicted molar refractivity (Wildman–Crippen MR) is 78.9 cm³/mol. The minimum Gasteiger partial charge on any atom is -0.399 e. The molecular weight excluding hydrogens is 255 g/mol. The molecule has 0 fully saturated rings. The van der Waals surface area contributed by atoms with E-state index in [9.17, 15) is 9.18 Å². The van der Waals surface area contributed by atoms with Crippen LogP contribution in [0.15, 0.2) is 42.5 Å². The number of aryl methyl sites for hydroxylation is 2. The van der Waals surface area contributed by atoms with Crippen molar-refractivity contribution in [3.63, 3.8) is 0 Å². The number of rotatable bonds is 4. The van der Waals surface area contributed by atoms with Gasteiger partial charge >= 0.3 is 0 Å². The lowest BCUT2D eigenvalue weighted by Gasteiger charge is -2.07. The van der Waals surface area contributed by atoms with E-state index in [0.717, 1.165) is 5.56 Å². The van der Waals surface area contributed by atoms with Gasteiger partial charge in [-0.2, -0.15) is 0 Å². The quantitative estimate of drug-likeness (QED) is 0.839. The van der Waals surface area contributed by atoms with Crippen molar-refractivity contribution in [3.8, 4) is 0 Å². The minimum atomic E-state index is -0.459. The Balaban J connectivity index is 1.92. The molecule has 0 saturated carbocycles. The van der Waals surface area contributed by atoms with Crippen LogP contribution in [0, 0.1) is 12.7 Å². The van der Waals surface area contributed by atoms with E-state index in [1.54, 1.807) is 0 Å². The lowest BCUT2D eigenvalue weighted by molar-refractivity contribution is -0.116. The highest BCUT2D eigenvalue weighted by Crippen LogP contribution is 2.16. The zero-order chi connectivity index (χ0) is 14.5. The van der Waals surface area contributed by atoms with Gasteiger partial charge in [0.2, 0.25) is 5.91 Å². The number of anilines is 2. The largest absolute Gasteiger partial charge is 0.399 e. The highest BCUT2D eigenvalue weighted by atomic mass is 19.1. The van der Waals surface area contributed by atoms with E-state index in [1.807, 2.05) is 31.2 Å². The molecule has 104 valence electrons. The maximum absolute atomic E-state index is 13.1. The van der Waals surface area contributed by atoms with Gasteiger partial charge in [0.05, 0.1) is 0 Å². The zero-order valence-corrected chi connectivity index (χ0v) is 11.3. The first kappa shape index (κ1) is 14.1. The lowest BCUT2D eigenvalue weighted by Crippen LogP contribution is -2.12. The molecule has 0 aromatic heterocycles. The van der Waals surface area contributed by atoms with Crippen molar-refractivity contribution in [1.82, 2.24) is 0 Å².